The topological polar surface area (TPSA) is 121 Å². The summed E-state index contributed by atoms with van der Waals surface area (Å²) in [6, 6.07) is 11.0. The summed E-state index contributed by atoms with van der Waals surface area (Å²) in [6.07, 6.45) is 1.27. The van der Waals surface area contributed by atoms with Gasteiger partial charge in [0.15, 0.2) is 0 Å². The molecule has 10 heteroatoms. The number of aromatic nitrogens is 1. The lowest BCUT2D eigenvalue weighted by molar-refractivity contribution is -0.384. The van der Waals surface area contributed by atoms with Gasteiger partial charge in [0.25, 0.3) is 5.69 Å². The normalized spacial score (nSPS) is 18.3. The number of pyridine rings is 1. The van der Waals surface area contributed by atoms with Gasteiger partial charge in [-0.2, -0.15) is 0 Å². The first-order valence-corrected chi connectivity index (χ1v) is 10.1. The lowest BCUT2D eigenvalue weighted by Gasteiger charge is -2.39. The third-order valence-electron chi connectivity index (χ3n) is 4.99. The Kier molecular flexibility index (Phi) is 7.24. The van der Waals surface area contributed by atoms with Gasteiger partial charge in [0, 0.05) is 29.2 Å². The van der Waals surface area contributed by atoms with Crippen molar-refractivity contribution in [2.45, 2.75) is 38.5 Å². The molecule has 1 aliphatic heterocycles. The molecule has 1 aliphatic rings. The Morgan fingerprint density at radius 3 is 2.65 bits per heavy atom. The van der Waals surface area contributed by atoms with Gasteiger partial charge in [-0.15, -0.1) is 0 Å². The summed E-state index contributed by atoms with van der Waals surface area (Å²) in [5.74, 6) is -0.678. The van der Waals surface area contributed by atoms with Crippen LogP contribution in [0.1, 0.15) is 31.0 Å². The Balaban J connectivity index is 1.45. The van der Waals surface area contributed by atoms with Gasteiger partial charge in [-0.05, 0) is 49.6 Å². The molecule has 2 aromatic rings. The maximum Gasteiger partial charge on any atom is 0.508 e. The summed E-state index contributed by atoms with van der Waals surface area (Å²) in [5.41, 5.74) is 1.26. The maximum atomic E-state index is 12.0. The minimum Gasteiger partial charge on any atom is -0.430 e. The van der Waals surface area contributed by atoms with Crippen LogP contribution in [0, 0.1) is 16.0 Å². The average molecular weight is 443 g/mol. The lowest BCUT2D eigenvalue weighted by atomic mass is 9.83. The molecule has 0 saturated carbocycles. The smallest absolute Gasteiger partial charge is 0.430 e. The van der Waals surface area contributed by atoms with E-state index in [2.05, 4.69) is 10.3 Å². The predicted molar refractivity (Wildman–Crippen MR) is 114 cm³/mol. The van der Waals surface area contributed by atoms with Crippen molar-refractivity contribution >= 4 is 34.8 Å². The average Bonchev–Trinajstić information content (AvgIpc) is 2.75. The quantitative estimate of drug-likeness (QED) is 0.156. The molecule has 0 spiro atoms. The van der Waals surface area contributed by atoms with Crippen LogP contribution < -0.4 is 5.32 Å². The molecule has 0 radical (unpaired) electrons. The van der Waals surface area contributed by atoms with Crippen LogP contribution in [-0.4, -0.2) is 39.0 Å². The third-order valence-corrected chi connectivity index (χ3v) is 5.40. The number of carbonyl (C=O) groups excluding carboxylic acids is 2. The first-order chi connectivity index (χ1) is 14.8. The second-order valence-corrected chi connectivity index (χ2v) is 7.60. The zero-order valence-electron chi connectivity index (χ0n) is 16.7. The summed E-state index contributed by atoms with van der Waals surface area (Å²) in [5, 5.41) is 13.5. The number of non-ortho nitro benzene ring substituents is 1. The van der Waals surface area contributed by atoms with Crippen LogP contribution in [0.25, 0.3) is 0 Å². The number of carbonyl (C=O) groups is 2. The van der Waals surface area contributed by atoms with Crippen molar-refractivity contribution < 1.29 is 24.0 Å². The second-order valence-electron chi connectivity index (χ2n) is 7.10. The third kappa shape index (κ3) is 5.82. The SMILES string of the molecule is C[C@@H](OC(=O)OCc1ccc([N+](=O)[O-])cc1)[C@H]1C(=O)N[C@H]1CCC(=S)c1ccccn1. The monoisotopic (exact) mass is 443 g/mol. The van der Waals surface area contributed by atoms with Crippen molar-refractivity contribution in [3.8, 4) is 0 Å². The highest BCUT2D eigenvalue weighted by atomic mass is 32.1. The molecule has 0 bridgehead atoms. The number of β-lactam (4-membered cyclic amide) rings is 1. The van der Waals surface area contributed by atoms with E-state index in [9.17, 15) is 19.7 Å². The van der Waals surface area contributed by atoms with Crippen molar-refractivity contribution in [3.63, 3.8) is 0 Å². The van der Waals surface area contributed by atoms with Crippen molar-refractivity contribution in [3.05, 3.63) is 70.0 Å². The number of ether oxygens (including phenoxy) is 2. The maximum absolute atomic E-state index is 12.0. The van der Waals surface area contributed by atoms with Crippen LogP contribution in [0.2, 0.25) is 0 Å². The fourth-order valence-corrected chi connectivity index (χ4v) is 3.54. The van der Waals surface area contributed by atoms with E-state index < -0.39 is 23.1 Å². The number of hydrogen-bond acceptors (Lipinski definition) is 8. The van der Waals surface area contributed by atoms with E-state index in [1.807, 2.05) is 18.2 Å². The Morgan fingerprint density at radius 1 is 1.29 bits per heavy atom. The molecule has 1 amide bonds. The Hall–Kier alpha value is -3.40. The van der Waals surface area contributed by atoms with E-state index in [1.54, 1.807) is 13.1 Å². The molecular weight excluding hydrogens is 422 g/mol. The Morgan fingerprint density at radius 2 is 2.03 bits per heavy atom. The molecule has 1 aromatic carbocycles. The highest BCUT2D eigenvalue weighted by Crippen LogP contribution is 2.26. The Labute approximate surface area is 183 Å². The first-order valence-electron chi connectivity index (χ1n) is 9.66. The van der Waals surface area contributed by atoms with E-state index in [1.165, 1.54) is 24.3 Å². The van der Waals surface area contributed by atoms with Crippen LogP contribution >= 0.6 is 12.2 Å². The van der Waals surface area contributed by atoms with E-state index in [0.29, 0.717) is 23.3 Å². The van der Waals surface area contributed by atoms with Crippen molar-refractivity contribution in [1.29, 1.82) is 0 Å². The fourth-order valence-electron chi connectivity index (χ4n) is 3.30. The van der Waals surface area contributed by atoms with Gasteiger partial charge in [-0.25, -0.2) is 4.79 Å². The van der Waals surface area contributed by atoms with Crippen molar-refractivity contribution in [2.24, 2.45) is 5.92 Å². The second kappa shape index (κ2) is 10.1. The first kappa shape index (κ1) is 22.3. The van der Waals surface area contributed by atoms with E-state index in [-0.39, 0.29) is 24.2 Å². The van der Waals surface area contributed by atoms with Gasteiger partial charge in [0.05, 0.1) is 16.5 Å². The van der Waals surface area contributed by atoms with Crippen molar-refractivity contribution in [2.75, 3.05) is 0 Å². The molecule has 0 aliphatic carbocycles. The largest absolute Gasteiger partial charge is 0.508 e. The summed E-state index contributed by atoms with van der Waals surface area (Å²) in [4.78, 5) is 39.1. The van der Waals surface area contributed by atoms with Gasteiger partial charge >= 0.3 is 6.16 Å². The molecule has 9 nitrogen and oxygen atoms in total. The van der Waals surface area contributed by atoms with Crippen LogP contribution in [0.3, 0.4) is 0 Å². The molecule has 1 N–H and O–H groups in total. The molecule has 2 heterocycles. The summed E-state index contributed by atoms with van der Waals surface area (Å²) in [7, 11) is 0. The predicted octanol–water partition coefficient (Wildman–Crippen LogP) is 3.34. The van der Waals surface area contributed by atoms with E-state index in [0.717, 1.165) is 5.69 Å². The molecular formula is C21H21N3O6S. The molecule has 1 fully saturated rings. The number of nitro groups is 1. The highest BCUT2D eigenvalue weighted by molar-refractivity contribution is 7.80. The molecule has 1 saturated heterocycles. The number of nitrogens with one attached hydrogen (secondary N) is 1. The molecule has 1 aromatic heterocycles. The summed E-state index contributed by atoms with van der Waals surface area (Å²) in [6.45, 7) is 1.54. The van der Waals surface area contributed by atoms with Crippen LogP contribution in [0.15, 0.2) is 48.7 Å². The zero-order valence-corrected chi connectivity index (χ0v) is 17.5. The van der Waals surface area contributed by atoms with Gasteiger partial charge < -0.3 is 14.8 Å². The number of rotatable bonds is 9. The number of thiocarbonyl (C=S) groups is 1. The van der Waals surface area contributed by atoms with E-state index in [4.69, 9.17) is 21.7 Å². The molecule has 31 heavy (non-hydrogen) atoms. The van der Waals surface area contributed by atoms with Crippen molar-refractivity contribution in [1.82, 2.24) is 10.3 Å². The zero-order chi connectivity index (χ0) is 22.4. The number of nitro benzene ring substituents is 1. The minimum absolute atomic E-state index is 0.0514. The number of amides is 1. The molecule has 3 atom stereocenters. The van der Waals surface area contributed by atoms with Gasteiger partial charge in [0.2, 0.25) is 5.91 Å². The fraction of sp³-hybridized carbons (Fsp3) is 0.333. The van der Waals surface area contributed by atoms with Crippen LogP contribution in [0.4, 0.5) is 10.5 Å². The lowest BCUT2D eigenvalue weighted by Crippen LogP contribution is -2.62. The summed E-state index contributed by atoms with van der Waals surface area (Å²) < 4.78 is 10.3. The van der Waals surface area contributed by atoms with Crippen LogP contribution in [0.5, 0.6) is 0 Å². The van der Waals surface area contributed by atoms with Crippen LogP contribution in [-0.2, 0) is 20.9 Å². The number of nitrogens with zero attached hydrogens (tertiary/aromatic N) is 2. The molecule has 3 rings (SSSR count). The Bertz CT molecular complexity index is 967. The van der Waals surface area contributed by atoms with Gasteiger partial charge in [0.1, 0.15) is 12.7 Å². The van der Waals surface area contributed by atoms with Gasteiger partial charge in [-0.3, -0.25) is 19.9 Å². The number of hydrogen-bond donors (Lipinski definition) is 1. The standard InChI is InChI=1S/C21H21N3O6S/c1-13(30-21(26)29-12-14-5-7-15(8-6-14)24(27)28)19-17(23-20(19)25)9-10-18(31)16-4-2-3-11-22-16/h2-8,11,13,17,19H,9-10,12H2,1H3,(H,23,25)/t13-,17+,19-/m1/s1. The minimum atomic E-state index is -0.909. The molecule has 162 valence electrons. The van der Waals surface area contributed by atoms with Gasteiger partial charge in [-0.1, -0.05) is 18.3 Å². The highest BCUT2D eigenvalue weighted by Gasteiger charge is 2.44. The summed E-state index contributed by atoms with van der Waals surface area (Å²) >= 11 is 5.40. The molecule has 0 unspecified atom stereocenters. The van der Waals surface area contributed by atoms with E-state index >= 15 is 0 Å². The number of benzene rings is 1.